The lowest BCUT2D eigenvalue weighted by Crippen LogP contribution is -2.06. The van der Waals surface area contributed by atoms with Gasteiger partial charge >= 0.3 is 13.8 Å². The summed E-state index contributed by atoms with van der Waals surface area (Å²) in [5, 5.41) is 0. The predicted molar refractivity (Wildman–Crippen MR) is 89.3 cm³/mol. The monoisotopic (exact) mass is 350 g/mol. The van der Waals surface area contributed by atoms with Crippen LogP contribution in [0.25, 0.3) is 0 Å². The lowest BCUT2D eigenvalue weighted by molar-refractivity contribution is -0.132. The Labute approximate surface area is 140 Å². The Kier molecular flexibility index (Phi) is 6.15. The zero-order valence-electron chi connectivity index (χ0n) is 13.7. The minimum absolute atomic E-state index is 0.156. The molecule has 0 saturated heterocycles. The van der Waals surface area contributed by atoms with Gasteiger partial charge in [-0.3, -0.25) is 13.8 Å². The number of ether oxygens (including phenoxy) is 1. The van der Waals surface area contributed by atoms with Crippen molar-refractivity contribution in [2.24, 2.45) is 0 Å². The quantitative estimate of drug-likeness (QED) is 0.427. The van der Waals surface area contributed by atoms with E-state index < -0.39 is 13.8 Å². The van der Waals surface area contributed by atoms with Crippen molar-refractivity contribution in [2.45, 2.75) is 13.3 Å². The molecule has 2 aromatic carbocycles. The average molecular weight is 350 g/mol. The van der Waals surface area contributed by atoms with Gasteiger partial charge in [-0.1, -0.05) is 42.5 Å². The maximum absolute atomic E-state index is 12.4. The number of esters is 1. The first kappa shape index (κ1) is 18.2. The van der Waals surface area contributed by atoms with E-state index in [4.69, 9.17) is 18.3 Å². The number of para-hydroxylation sites is 1. The number of hydrogen-bond donors (Lipinski definition) is 0. The maximum Gasteiger partial charge on any atom is 0.529 e. The molecule has 128 valence electrons. The molecule has 7 heteroatoms. The van der Waals surface area contributed by atoms with Crippen LogP contribution in [0.5, 0.6) is 11.5 Å². The average Bonchev–Trinajstić information content (AvgIpc) is 2.58. The highest BCUT2D eigenvalue weighted by Gasteiger charge is 2.28. The number of phosphoric ester groups is 1. The minimum atomic E-state index is -3.80. The van der Waals surface area contributed by atoms with Gasteiger partial charge in [-0.2, -0.15) is 0 Å². The van der Waals surface area contributed by atoms with E-state index in [2.05, 4.69) is 0 Å². The number of hydrogen-bond acceptors (Lipinski definition) is 6. The second kappa shape index (κ2) is 8.11. The molecule has 0 N–H and O–H groups in total. The molecule has 0 radical (unpaired) electrons. The highest BCUT2D eigenvalue weighted by Crippen LogP contribution is 2.51. The van der Waals surface area contributed by atoms with Crippen LogP contribution in [-0.2, 0) is 24.8 Å². The molecule has 0 fully saturated rings. The summed E-state index contributed by atoms with van der Waals surface area (Å²) in [5.41, 5.74) is 1.71. The minimum Gasteiger partial charge on any atom is -0.423 e. The van der Waals surface area contributed by atoms with Gasteiger partial charge in [0.1, 0.15) is 0 Å². The summed E-state index contributed by atoms with van der Waals surface area (Å²) in [4.78, 5) is 11.3. The van der Waals surface area contributed by atoms with Crippen molar-refractivity contribution in [1.29, 1.82) is 0 Å². The normalized spacial score (nSPS) is 11.1. The first-order valence-electron chi connectivity index (χ1n) is 7.23. The summed E-state index contributed by atoms with van der Waals surface area (Å²) < 4.78 is 32.6. The summed E-state index contributed by atoms with van der Waals surface area (Å²) in [6.45, 7) is 1.28. The molecule has 2 rings (SSSR count). The topological polar surface area (TPSA) is 71.1 Å². The van der Waals surface area contributed by atoms with Crippen molar-refractivity contribution in [3.63, 3.8) is 0 Å². The van der Waals surface area contributed by atoms with E-state index in [1.165, 1.54) is 21.1 Å². The Hall–Kier alpha value is -2.14. The van der Waals surface area contributed by atoms with E-state index in [0.717, 1.165) is 5.56 Å². The third kappa shape index (κ3) is 4.68. The molecular weight excluding hydrogens is 331 g/mol. The van der Waals surface area contributed by atoms with E-state index in [9.17, 15) is 9.36 Å². The molecule has 0 spiro atoms. The van der Waals surface area contributed by atoms with Crippen LogP contribution >= 0.6 is 7.82 Å². The Morgan fingerprint density at radius 1 is 1.00 bits per heavy atom. The number of carbonyl (C=O) groups is 1. The maximum atomic E-state index is 12.4. The van der Waals surface area contributed by atoms with Crippen LogP contribution in [0.15, 0.2) is 48.5 Å². The van der Waals surface area contributed by atoms with E-state index in [1.54, 1.807) is 18.2 Å². The Morgan fingerprint density at radius 3 is 2.25 bits per heavy atom. The van der Waals surface area contributed by atoms with Gasteiger partial charge in [0.05, 0.1) is 0 Å². The smallest absolute Gasteiger partial charge is 0.423 e. The van der Waals surface area contributed by atoms with Crippen molar-refractivity contribution < 1.29 is 27.7 Å². The molecule has 0 aliphatic heterocycles. The van der Waals surface area contributed by atoms with Crippen LogP contribution in [0, 0.1) is 0 Å². The van der Waals surface area contributed by atoms with E-state index in [0.29, 0.717) is 12.0 Å². The van der Waals surface area contributed by atoms with Gasteiger partial charge in [-0.05, 0) is 11.6 Å². The lowest BCUT2D eigenvalue weighted by Gasteiger charge is -2.19. The summed E-state index contributed by atoms with van der Waals surface area (Å²) >= 11 is 0. The highest BCUT2D eigenvalue weighted by molar-refractivity contribution is 7.48. The third-order valence-corrected chi connectivity index (χ3v) is 4.50. The molecule has 0 bridgehead atoms. The van der Waals surface area contributed by atoms with E-state index in [-0.39, 0.29) is 11.5 Å². The molecule has 0 aromatic heterocycles. The Balaban J connectivity index is 2.45. The molecule has 0 amide bonds. The predicted octanol–water partition coefficient (Wildman–Crippen LogP) is 3.98. The van der Waals surface area contributed by atoms with Gasteiger partial charge < -0.3 is 9.26 Å². The fourth-order valence-electron chi connectivity index (χ4n) is 2.12. The molecule has 0 aliphatic rings. The van der Waals surface area contributed by atoms with Crippen molar-refractivity contribution >= 4 is 13.8 Å². The SMILES string of the molecule is COP(=O)(OC)Oc1c(Cc2ccccc2)cccc1OC(C)=O. The first-order valence-corrected chi connectivity index (χ1v) is 8.69. The molecule has 0 atom stereocenters. The number of carbonyl (C=O) groups excluding carboxylic acids is 1. The van der Waals surface area contributed by atoms with Gasteiger partial charge in [-0.15, -0.1) is 0 Å². The molecule has 0 saturated carbocycles. The van der Waals surface area contributed by atoms with Crippen LogP contribution < -0.4 is 9.26 Å². The molecular formula is C17H19O6P. The lowest BCUT2D eigenvalue weighted by atomic mass is 10.0. The Bertz CT molecular complexity index is 736. The van der Waals surface area contributed by atoms with Crippen molar-refractivity contribution in [1.82, 2.24) is 0 Å². The highest BCUT2D eigenvalue weighted by atomic mass is 31.2. The first-order chi connectivity index (χ1) is 11.5. The third-order valence-electron chi connectivity index (χ3n) is 3.20. The Morgan fingerprint density at radius 2 is 1.67 bits per heavy atom. The molecule has 6 nitrogen and oxygen atoms in total. The van der Waals surface area contributed by atoms with Crippen LogP contribution in [0.2, 0.25) is 0 Å². The largest absolute Gasteiger partial charge is 0.529 e. The molecule has 24 heavy (non-hydrogen) atoms. The second-order valence-electron chi connectivity index (χ2n) is 4.90. The molecule has 0 aliphatic carbocycles. The fraction of sp³-hybridized carbons (Fsp3) is 0.235. The van der Waals surface area contributed by atoms with Crippen molar-refractivity contribution in [3.8, 4) is 11.5 Å². The zero-order valence-corrected chi connectivity index (χ0v) is 14.6. The van der Waals surface area contributed by atoms with Gasteiger partial charge in [0.25, 0.3) is 0 Å². The van der Waals surface area contributed by atoms with E-state index in [1.807, 2.05) is 30.3 Å². The van der Waals surface area contributed by atoms with Crippen molar-refractivity contribution in [2.75, 3.05) is 14.2 Å². The standard InChI is InChI=1S/C17H19O6P/c1-13(18)22-16-11-7-10-15(12-14-8-5-4-6-9-14)17(16)23-24(19,20-2)21-3/h4-11H,12H2,1-3H3. The molecule has 0 unspecified atom stereocenters. The van der Waals surface area contributed by atoms with Crippen LogP contribution in [-0.4, -0.2) is 20.2 Å². The van der Waals surface area contributed by atoms with Crippen LogP contribution in [0.3, 0.4) is 0 Å². The van der Waals surface area contributed by atoms with Crippen LogP contribution in [0.4, 0.5) is 0 Å². The number of rotatable bonds is 7. The van der Waals surface area contributed by atoms with Gasteiger partial charge in [0.15, 0.2) is 11.5 Å². The fourth-order valence-corrected chi connectivity index (χ4v) is 2.84. The number of phosphoric acid groups is 1. The molecule has 2 aromatic rings. The molecule has 0 heterocycles. The van der Waals surface area contributed by atoms with Gasteiger partial charge in [0, 0.05) is 33.1 Å². The van der Waals surface area contributed by atoms with E-state index >= 15 is 0 Å². The van der Waals surface area contributed by atoms with Crippen molar-refractivity contribution in [3.05, 3.63) is 59.7 Å². The van der Waals surface area contributed by atoms with Gasteiger partial charge in [0.2, 0.25) is 0 Å². The zero-order chi connectivity index (χ0) is 17.6. The van der Waals surface area contributed by atoms with Crippen LogP contribution in [0.1, 0.15) is 18.1 Å². The van der Waals surface area contributed by atoms with Gasteiger partial charge in [-0.25, -0.2) is 4.57 Å². The number of benzene rings is 2. The second-order valence-corrected chi connectivity index (χ2v) is 6.71. The summed E-state index contributed by atoms with van der Waals surface area (Å²) in [7, 11) is -1.36. The summed E-state index contributed by atoms with van der Waals surface area (Å²) in [6, 6.07) is 14.7. The summed E-state index contributed by atoms with van der Waals surface area (Å²) in [6.07, 6.45) is 0.499. The summed E-state index contributed by atoms with van der Waals surface area (Å²) in [5.74, 6) is -0.199.